The molecule has 0 bridgehead atoms. The Morgan fingerprint density at radius 2 is 1.80 bits per heavy atom. The molecule has 1 rings (SSSR count). The van der Waals surface area contributed by atoms with Crippen molar-refractivity contribution in [1.29, 1.82) is 0 Å². The molecule has 1 aliphatic carbocycles. The molecule has 1 aliphatic rings. The second-order valence-corrected chi connectivity index (χ2v) is 6.45. The van der Waals surface area contributed by atoms with E-state index in [1.807, 2.05) is 13.8 Å². The average molecular weight is 283 g/mol. The predicted octanol–water partition coefficient (Wildman–Crippen LogP) is 1.25. The van der Waals surface area contributed by atoms with Gasteiger partial charge in [0.05, 0.1) is 6.54 Å². The van der Waals surface area contributed by atoms with Gasteiger partial charge in [0, 0.05) is 19.0 Å². The van der Waals surface area contributed by atoms with Crippen LogP contribution < -0.4 is 11.5 Å². The molecule has 0 aromatic carbocycles. The fourth-order valence-corrected chi connectivity index (χ4v) is 2.85. The largest absolute Gasteiger partial charge is 0.368 e. The van der Waals surface area contributed by atoms with Gasteiger partial charge in [-0.15, -0.1) is 0 Å². The molecule has 0 unspecified atom stereocenters. The van der Waals surface area contributed by atoms with Crippen molar-refractivity contribution in [2.75, 3.05) is 13.1 Å². The van der Waals surface area contributed by atoms with Crippen LogP contribution in [0.1, 0.15) is 52.4 Å². The monoisotopic (exact) mass is 283 g/mol. The molecule has 5 heteroatoms. The van der Waals surface area contributed by atoms with E-state index in [9.17, 15) is 9.59 Å². The summed E-state index contributed by atoms with van der Waals surface area (Å²) >= 11 is 0. The average Bonchev–Trinajstić information content (AvgIpc) is 2.36. The van der Waals surface area contributed by atoms with Gasteiger partial charge in [0.25, 0.3) is 0 Å². The molecule has 0 heterocycles. The maximum Gasteiger partial charge on any atom is 0.237 e. The number of amides is 2. The van der Waals surface area contributed by atoms with Gasteiger partial charge < -0.3 is 16.4 Å². The van der Waals surface area contributed by atoms with Crippen LogP contribution in [-0.2, 0) is 9.59 Å². The highest BCUT2D eigenvalue weighted by Crippen LogP contribution is 2.27. The molecule has 1 saturated carbocycles. The molecular weight excluding hydrogens is 254 g/mol. The van der Waals surface area contributed by atoms with E-state index in [0.29, 0.717) is 30.8 Å². The van der Waals surface area contributed by atoms with Crippen molar-refractivity contribution in [3.8, 4) is 0 Å². The van der Waals surface area contributed by atoms with E-state index in [2.05, 4.69) is 0 Å². The van der Waals surface area contributed by atoms with Crippen LogP contribution in [0.3, 0.4) is 0 Å². The summed E-state index contributed by atoms with van der Waals surface area (Å²) in [6.07, 6.45) is 5.79. The lowest BCUT2D eigenvalue weighted by molar-refractivity contribution is -0.136. The van der Waals surface area contributed by atoms with Crippen molar-refractivity contribution in [3.05, 3.63) is 0 Å². The molecule has 0 aromatic rings. The van der Waals surface area contributed by atoms with Crippen LogP contribution in [0.15, 0.2) is 0 Å². The molecule has 0 spiro atoms. The molecular formula is C15H29N3O2. The molecule has 0 atom stereocenters. The highest BCUT2D eigenvalue weighted by atomic mass is 16.2. The van der Waals surface area contributed by atoms with E-state index in [-0.39, 0.29) is 12.5 Å². The van der Waals surface area contributed by atoms with Gasteiger partial charge in [0.15, 0.2) is 0 Å². The van der Waals surface area contributed by atoms with Crippen molar-refractivity contribution in [1.82, 2.24) is 4.90 Å². The quantitative estimate of drug-likeness (QED) is 0.737. The Kier molecular flexibility index (Phi) is 6.99. The van der Waals surface area contributed by atoms with Gasteiger partial charge in [-0.3, -0.25) is 9.59 Å². The van der Waals surface area contributed by atoms with Crippen LogP contribution in [0.25, 0.3) is 0 Å². The first-order chi connectivity index (χ1) is 9.38. The second kappa shape index (κ2) is 8.25. The Morgan fingerprint density at radius 1 is 1.20 bits per heavy atom. The van der Waals surface area contributed by atoms with E-state index in [1.165, 1.54) is 0 Å². The number of nitrogens with zero attached hydrogens (tertiary/aromatic N) is 1. The Bertz CT molecular complexity index is 323. The Balaban J connectivity index is 2.38. The number of primary amides is 1. The lowest BCUT2D eigenvalue weighted by atomic mass is 9.83. The Labute approximate surface area is 122 Å². The molecule has 4 N–H and O–H groups in total. The van der Waals surface area contributed by atoms with Gasteiger partial charge in [-0.25, -0.2) is 0 Å². The summed E-state index contributed by atoms with van der Waals surface area (Å²) < 4.78 is 0. The number of hydrogen-bond acceptors (Lipinski definition) is 3. The van der Waals surface area contributed by atoms with Crippen LogP contribution in [0.4, 0.5) is 0 Å². The molecule has 1 fully saturated rings. The maximum absolute atomic E-state index is 12.2. The Morgan fingerprint density at radius 3 is 2.30 bits per heavy atom. The minimum atomic E-state index is -0.442. The third-order valence-corrected chi connectivity index (χ3v) is 3.94. The topological polar surface area (TPSA) is 89.4 Å². The third-order valence-electron chi connectivity index (χ3n) is 3.94. The first kappa shape index (κ1) is 17.0. The van der Waals surface area contributed by atoms with E-state index >= 15 is 0 Å². The fraction of sp³-hybridized carbons (Fsp3) is 0.867. The van der Waals surface area contributed by atoms with Gasteiger partial charge in [0.1, 0.15) is 0 Å². The first-order valence-electron chi connectivity index (χ1n) is 7.70. The standard InChI is InChI=1S/C15H29N3O2/c1-11(2)9-18(10-14(17)19)15(20)8-5-12-3-6-13(16)7-4-12/h11-13H,3-10,16H2,1-2H3,(H2,17,19). The summed E-state index contributed by atoms with van der Waals surface area (Å²) in [5.41, 5.74) is 11.1. The third kappa shape index (κ3) is 6.37. The molecule has 0 saturated heterocycles. The first-order valence-corrected chi connectivity index (χ1v) is 7.70. The summed E-state index contributed by atoms with van der Waals surface area (Å²) in [4.78, 5) is 24.9. The van der Waals surface area contributed by atoms with Crippen molar-refractivity contribution < 1.29 is 9.59 Å². The highest BCUT2D eigenvalue weighted by Gasteiger charge is 2.22. The van der Waals surface area contributed by atoms with Crippen molar-refractivity contribution in [3.63, 3.8) is 0 Å². The van der Waals surface area contributed by atoms with E-state index < -0.39 is 5.91 Å². The maximum atomic E-state index is 12.2. The van der Waals surface area contributed by atoms with Gasteiger partial charge in [0.2, 0.25) is 11.8 Å². The van der Waals surface area contributed by atoms with Crippen molar-refractivity contribution >= 4 is 11.8 Å². The van der Waals surface area contributed by atoms with Crippen molar-refractivity contribution in [2.45, 2.75) is 58.4 Å². The summed E-state index contributed by atoms with van der Waals surface area (Å²) in [6, 6.07) is 0.342. The number of rotatable bonds is 7. The lowest BCUT2D eigenvalue weighted by Crippen LogP contribution is -2.40. The van der Waals surface area contributed by atoms with Gasteiger partial charge in [-0.1, -0.05) is 13.8 Å². The van der Waals surface area contributed by atoms with Crippen LogP contribution >= 0.6 is 0 Å². The zero-order chi connectivity index (χ0) is 15.1. The van der Waals surface area contributed by atoms with Gasteiger partial charge >= 0.3 is 0 Å². The fourth-order valence-electron chi connectivity index (χ4n) is 2.85. The zero-order valence-corrected chi connectivity index (χ0v) is 12.8. The molecule has 2 amide bonds. The molecule has 0 radical (unpaired) electrons. The van der Waals surface area contributed by atoms with Gasteiger partial charge in [-0.2, -0.15) is 0 Å². The zero-order valence-electron chi connectivity index (χ0n) is 12.8. The van der Waals surface area contributed by atoms with Crippen LogP contribution in [0, 0.1) is 11.8 Å². The van der Waals surface area contributed by atoms with E-state index in [1.54, 1.807) is 4.90 Å². The summed E-state index contributed by atoms with van der Waals surface area (Å²) in [7, 11) is 0. The summed E-state index contributed by atoms with van der Waals surface area (Å²) in [6.45, 7) is 4.69. The normalized spacial score (nSPS) is 22.8. The lowest BCUT2D eigenvalue weighted by Gasteiger charge is -2.27. The van der Waals surface area contributed by atoms with E-state index in [4.69, 9.17) is 11.5 Å². The van der Waals surface area contributed by atoms with Crippen LogP contribution in [0.2, 0.25) is 0 Å². The molecule has 20 heavy (non-hydrogen) atoms. The number of nitrogens with two attached hydrogens (primary N) is 2. The predicted molar refractivity (Wildman–Crippen MR) is 79.8 cm³/mol. The van der Waals surface area contributed by atoms with Crippen LogP contribution in [0.5, 0.6) is 0 Å². The molecule has 0 aromatic heterocycles. The molecule has 116 valence electrons. The minimum Gasteiger partial charge on any atom is -0.368 e. The SMILES string of the molecule is CC(C)CN(CC(N)=O)C(=O)CCC1CCC(N)CC1. The summed E-state index contributed by atoms with van der Waals surface area (Å²) in [5, 5.41) is 0. The number of carbonyl (C=O) groups excluding carboxylic acids is 2. The smallest absolute Gasteiger partial charge is 0.237 e. The number of hydrogen-bond donors (Lipinski definition) is 2. The minimum absolute atomic E-state index is 0.0343. The van der Waals surface area contributed by atoms with Crippen LogP contribution in [-0.4, -0.2) is 35.8 Å². The molecule has 0 aliphatic heterocycles. The number of carbonyl (C=O) groups is 2. The highest BCUT2D eigenvalue weighted by molar-refractivity contribution is 5.83. The van der Waals surface area contributed by atoms with Gasteiger partial charge in [-0.05, 0) is 43.9 Å². The molecule has 5 nitrogen and oxygen atoms in total. The Hall–Kier alpha value is -1.10. The van der Waals surface area contributed by atoms with Crippen molar-refractivity contribution in [2.24, 2.45) is 23.3 Å². The van der Waals surface area contributed by atoms with E-state index in [0.717, 1.165) is 32.1 Å². The second-order valence-electron chi connectivity index (χ2n) is 6.45. The summed E-state index contributed by atoms with van der Waals surface area (Å²) in [5.74, 6) is 0.550.